The lowest BCUT2D eigenvalue weighted by Crippen LogP contribution is -2.45. The average Bonchev–Trinajstić information content (AvgIpc) is 2.82. The number of nitrogens with two attached hydrogens (primary N) is 1. The van der Waals surface area contributed by atoms with Crippen molar-refractivity contribution in [2.45, 2.75) is 52.1 Å². The van der Waals surface area contributed by atoms with Crippen LogP contribution in [0.2, 0.25) is 0 Å². The molecule has 1 aliphatic heterocycles. The lowest BCUT2D eigenvalue weighted by atomic mass is 10.0. The van der Waals surface area contributed by atoms with Gasteiger partial charge in [0.1, 0.15) is 0 Å². The van der Waals surface area contributed by atoms with E-state index in [0.29, 0.717) is 6.54 Å². The van der Waals surface area contributed by atoms with Gasteiger partial charge in [-0.15, -0.1) is 0 Å². The van der Waals surface area contributed by atoms with Crippen molar-refractivity contribution >= 4 is 5.91 Å². The van der Waals surface area contributed by atoms with Crippen LogP contribution < -0.4 is 5.73 Å². The van der Waals surface area contributed by atoms with Crippen LogP contribution in [0.3, 0.4) is 0 Å². The molecule has 1 aromatic heterocycles. The van der Waals surface area contributed by atoms with Gasteiger partial charge in [-0.25, -0.2) is 0 Å². The van der Waals surface area contributed by atoms with E-state index in [1.165, 1.54) is 0 Å². The van der Waals surface area contributed by atoms with E-state index < -0.39 is 0 Å². The Hall–Kier alpha value is -1.36. The lowest BCUT2D eigenvalue weighted by Gasteiger charge is -2.30. The van der Waals surface area contributed by atoms with Gasteiger partial charge < -0.3 is 10.6 Å². The first-order valence-corrected chi connectivity index (χ1v) is 7.15. The van der Waals surface area contributed by atoms with Gasteiger partial charge in [-0.3, -0.25) is 9.48 Å². The topological polar surface area (TPSA) is 64.2 Å². The monoisotopic (exact) mass is 264 g/mol. The predicted molar refractivity (Wildman–Crippen MR) is 75.1 cm³/mol. The van der Waals surface area contributed by atoms with Gasteiger partial charge in [0.25, 0.3) is 5.91 Å². The molecule has 1 saturated heterocycles. The average molecular weight is 264 g/mol. The fourth-order valence-corrected chi connectivity index (χ4v) is 2.55. The Morgan fingerprint density at radius 3 is 2.89 bits per heavy atom. The van der Waals surface area contributed by atoms with Gasteiger partial charge in [0, 0.05) is 31.9 Å². The van der Waals surface area contributed by atoms with Crippen molar-refractivity contribution < 1.29 is 4.79 Å². The Kier molecular flexibility index (Phi) is 4.24. The van der Waals surface area contributed by atoms with E-state index in [9.17, 15) is 4.79 Å². The maximum absolute atomic E-state index is 12.6. The number of aromatic nitrogens is 2. The van der Waals surface area contributed by atoms with E-state index >= 15 is 0 Å². The van der Waals surface area contributed by atoms with Gasteiger partial charge in [0.2, 0.25) is 0 Å². The number of hydrogen-bond acceptors (Lipinski definition) is 3. The molecule has 2 N–H and O–H groups in total. The minimum atomic E-state index is 0.0820. The van der Waals surface area contributed by atoms with Crippen molar-refractivity contribution in [2.75, 3.05) is 13.1 Å². The summed E-state index contributed by atoms with van der Waals surface area (Å²) in [7, 11) is 0. The summed E-state index contributed by atoms with van der Waals surface area (Å²) in [6.07, 6.45) is 3.87. The van der Waals surface area contributed by atoms with Crippen molar-refractivity contribution in [1.29, 1.82) is 0 Å². The Bertz CT molecular complexity index is 452. The van der Waals surface area contributed by atoms with Crippen molar-refractivity contribution in [1.82, 2.24) is 14.7 Å². The van der Waals surface area contributed by atoms with Crippen LogP contribution in [0, 0.1) is 0 Å². The molecule has 0 spiro atoms. The van der Waals surface area contributed by atoms with Crippen LogP contribution in [-0.4, -0.2) is 39.7 Å². The molecule has 2 heterocycles. The molecular weight excluding hydrogens is 240 g/mol. The second-order valence-corrected chi connectivity index (χ2v) is 5.59. The van der Waals surface area contributed by atoms with Crippen molar-refractivity contribution in [3.8, 4) is 0 Å². The molecule has 1 aromatic rings. The second kappa shape index (κ2) is 5.74. The molecule has 0 radical (unpaired) electrons. The first kappa shape index (κ1) is 14.1. The number of carbonyl (C=O) groups excluding carboxylic acids is 1. The van der Waals surface area contributed by atoms with Crippen LogP contribution >= 0.6 is 0 Å². The Labute approximate surface area is 114 Å². The third-order valence-corrected chi connectivity index (χ3v) is 3.64. The number of hydrogen-bond donors (Lipinski definition) is 1. The number of likely N-dealkylation sites (tertiary alicyclic amines) is 1. The van der Waals surface area contributed by atoms with Crippen LogP contribution in [0.4, 0.5) is 0 Å². The summed E-state index contributed by atoms with van der Waals surface area (Å²) in [5.41, 5.74) is 7.59. The molecular formula is C14H24N4O. The van der Waals surface area contributed by atoms with E-state index in [1.807, 2.05) is 22.7 Å². The summed E-state index contributed by atoms with van der Waals surface area (Å²) in [5.74, 6) is 0.337. The number of amides is 1. The molecule has 0 aromatic carbocycles. The van der Waals surface area contributed by atoms with Gasteiger partial charge in [-0.05, 0) is 25.7 Å². The lowest BCUT2D eigenvalue weighted by molar-refractivity contribution is 0.0707. The quantitative estimate of drug-likeness (QED) is 0.901. The zero-order valence-electron chi connectivity index (χ0n) is 12.1. The van der Waals surface area contributed by atoms with E-state index in [2.05, 4.69) is 18.9 Å². The molecule has 2 rings (SSSR count). The molecule has 0 aliphatic carbocycles. The third-order valence-electron chi connectivity index (χ3n) is 3.64. The van der Waals surface area contributed by atoms with Crippen LogP contribution in [0.5, 0.6) is 0 Å². The summed E-state index contributed by atoms with van der Waals surface area (Å²) < 4.78 is 1.84. The predicted octanol–water partition coefficient (Wildman–Crippen LogP) is 1.59. The maximum Gasteiger partial charge on any atom is 0.257 e. The Balaban J connectivity index is 2.24. The zero-order chi connectivity index (χ0) is 14.0. The molecule has 1 fully saturated rings. The molecule has 0 saturated carbocycles. The molecule has 106 valence electrons. The standard InChI is InChI=1S/C14H24N4O/c1-4-18-9-12(13(16-18)10(2)3)14(19)17-7-5-6-11(15)8-17/h9-11H,4-8,15H2,1-3H3. The van der Waals surface area contributed by atoms with Crippen LogP contribution in [0.15, 0.2) is 6.20 Å². The Morgan fingerprint density at radius 1 is 1.58 bits per heavy atom. The SMILES string of the molecule is CCn1cc(C(=O)N2CCCC(N)C2)c(C(C)C)n1. The zero-order valence-corrected chi connectivity index (χ0v) is 12.1. The summed E-state index contributed by atoms with van der Waals surface area (Å²) in [6, 6.07) is 0.112. The largest absolute Gasteiger partial charge is 0.337 e. The highest BCUT2D eigenvalue weighted by Crippen LogP contribution is 2.21. The smallest absolute Gasteiger partial charge is 0.257 e. The maximum atomic E-state index is 12.6. The second-order valence-electron chi connectivity index (χ2n) is 5.59. The van der Waals surface area contributed by atoms with Crippen molar-refractivity contribution in [2.24, 2.45) is 5.73 Å². The molecule has 5 heteroatoms. The van der Waals surface area contributed by atoms with Crippen LogP contribution in [-0.2, 0) is 6.54 Å². The number of carbonyl (C=O) groups is 1. The van der Waals surface area contributed by atoms with Crippen LogP contribution in [0.1, 0.15) is 55.6 Å². The van der Waals surface area contributed by atoms with Crippen molar-refractivity contribution in [3.63, 3.8) is 0 Å². The fourth-order valence-electron chi connectivity index (χ4n) is 2.55. The minimum absolute atomic E-state index is 0.0820. The van der Waals surface area contributed by atoms with E-state index in [-0.39, 0.29) is 17.9 Å². The van der Waals surface area contributed by atoms with E-state index in [1.54, 1.807) is 0 Å². The van der Waals surface area contributed by atoms with Gasteiger partial charge >= 0.3 is 0 Å². The molecule has 1 unspecified atom stereocenters. The summed E-state index contributed by atoms with van der Waals surface area (Å²) in [6.45, 7) is 8.42. The first-order chi connectivity index (χ1) is 9.02. The highest BCUT2D eigenvalue weighted by Gasteiger charge is 2.26. The number of piperidine rings is 1. The number of aryl methyl sites for hydroxylation is 1. The van der Waals surface area contributed by atoms with Gasteiger partial charge in [-0.2, -0.15) is 5.10 Å². The summed E-state index contributed by atoms with van der Waals surface area (Å²) in [4.78, 5) is 14.5. The number of nitrogens with zero attached hydrogens (tertiary/aromatic N) is 3. The fraction of sp³-hybridized carbons (Fsp3) is 0.714. The summed E-state index contributed by atoms with van der Waals surface area (Å²) >= 11 is 0. The molecule has 1 amide bonds. The van der Waals surface area contributed by atoms with E-state index in [4.69, 9.17) is 5.73 Å². The highest BCUT2D eigenvalue weighted by molar-refractivity contribution is 5.95. The summed E-state index contributed by atoms with van der Waals surface area (Å²) in [5, 5.41) is 4.50. The Morgan fingerprint density at radius 2 is 2.32 bits per heavy atom. The third kappa shape index (κ3) is 2.97. The van der Waals surface area contributed by atoms with Crippen LogP contribution in [0.25, 0.3) is 0 Å². The number of rotatable bonds is 3. The highest BCUT2D eigenvalue weighted by atomic mass is 16.2. The molecule has 0 bridgehead atoms. The minimum Gasteiger partial charge on any atom is -0.337 e. The molecule has 19 heavy (non-hydrogen) atoms. The first-order valence-electron chi connectivity index (χ1n) is 7.15. The van der Waals surface area contributed by atoms with Crippen molar-refractivity contribution in [3.05, 3.63) is 17.5 Å². The molecule has 1 aliphatic rings. The van der Waals surface area contributed by atoms with Gasteiger partial charge in [0.15, 0.2) is 0 Å². The molecule has 5 nitrogen and oxygen atoms in total. The van der Waals surface area contributed by atoms with Gasteiger partial charge in [-0.1, -0.05) is 13.8 Å². The van der Waals surface area contributed by atoms with Gasteiger partial charge in [0.05, 0.1) is 11.3 Å². The normalized spacial score (nSPS) is 20.1. The van der Waals surface area contributed by atoms with E-state index in [0.717, 1.165) is 37.2 Å². The molecule has 1 atom stereocenters.